The van der Waals surface area contributed by atoms with Crippen LogP contribution in [0.4, 0.5) is 27.9 Å². The number of imide groups is 1. The van der Waals surface area contributed by atoms with Gasteiger partial charge in [-0.05, 0) is 125 Å². The molecular formula is C48H59N11O6. The van der Waals surface area contributed by atoms with Crippen LogP contribution in [0.3, 0.4) is 0 Å². The van der Waals surface area contributed by atoms with E-state index in [0.717, 1.165) is 115 Å². The Morgan fingerprint density at radius 1 is 0.738 bits per heavy atom. The molecule has 3 aromatic rings. The number of amides is 5. The van der Waals surface area contributed by atoms with Gasteiger partial charge in [-0.2, -0.15) is 4.98 Å². The number of anilines is 4. The number of carbonyl (C=O) groups is 6. The van der Waals surface area contributed by atoms with E-state index in [0.29, 0.717) is 47.9 Å². The van der Waals surface area contributed by atoms with Crippen molar-refractivity contribution in [1.29, 1.82) is 0 Å². The standard InChI is InChI=1S/C48H59N11O6/c49-44(63)42-45(52-47(54-53-42)57-18-2-5-35(28-57)59-24-23-58(48(59)65)33-3-1-4-33)50-32-8-6-30(7-9-32)31-16-19-55(20-17-31)27-29-14-21-56(22-15-29)34-10-11-36-38(25-34)40(60)26-39(43(36)62)37-12-13-41(61)51-46(37)64/h6-11,25,29,31,33,35,37,39H,1-5,12-24,26-28H2,(H2,49,63)(H,50,52,54)(H,51,61,64). The van der Waals surface area contributed by atoms with Gasteiger partial charge in [0.25, 0.3) is 5.91 Å². The Morgan fingerprint density at radius 2 is 1.48 bits per heavy atom. The van der Waals surface area contributed by atoms with Gasteiger partial charge in [0.1, 0.15) is 0 Å². The highest BCUT2D eigenvalue weighted by atomic mass is 16.2. The molecule has 5 amide bonds. The minimum absolute atomic E-state index is 0.00444. The fourth-order valence-corrected chi connectivity index (χ4v) is 11.4. The number of carbonyl (C=O) groups excluding carboxylic acids is 6. The molecule has 2 aromatic carbocycles. The van der Waals surface area contributed by atoms with Crippen molar-refractivity contribution >= 4 is 58.5 Å². The van der Waals surface area contributed by atoms with Crippen molar-refractivity contribution in [2.24, 2.45) is 23.5 Å². The van der Waals surface area contributed by atoms with Gasteiger partial charge >= 0.3 is 6.03 Å². The van der Waals surface area contributed by atoms with E-state index in [9.17, 15) is 28.8 Å². The molecule has 3 unspecified atom stereocenters. The summed E-state index contributed by atoms with van der Waals surface area (Å²) in [6.07, 6.45) is 9.93. The fourth-order valence-electron chi connectivity index (χ4n) is 11.4. The smallest absolute Gasteiger partial charge is 0.320 e. The second-order valence-electron chi connectivity index (χ2n) is 19.3. The predicted molar refractivity (Wildman–Crippen MR) is 242 cm³/mol. The first kappa shape index (κ1) is 43.0. The summed E-state index contributed by atoms with van der Waals surface area (Å²) < 4.78 is 0. The number of hydrogen-bond acceptors (Lipinski definition) is 13. The maximum atomic E-state index is 13.5. The molecule has 5 saturated heterocycles. The molecule has 17 nitrogen and oxygen atoms in total. The highest BCUT2D eigenvalue weighted by molar-refractivity contribution is 6.17. The number of urea groups is 1. The van der Waals surface area contributed by atoms with Gasteiger partial charge in [0.2, 0.25) is 17.8 Å². The van der Waals surface area contributed by atoms with Crippen molar-refractivity contribution in [2.45, 2.75) is 95.1 Å². The third kappa shape index (κ3) is 8.78. The van der Waals surface area contributed by atoms with Crippen LogP contribution in [0.15, 0.2) is 42.5 Å². The Balaban J connectivity index is 0.696. The van der Waals surface area contributed by atoms with Crippen LogP contribution in [-0.2, 0) is 9.59 Å². The van der Waals surface area contributed by atoms with Crippen LogP contribution in [0.2, 0.25) is 0 Å². The van der Waals surface area contributed by atoms with Crippen LogP contribution < -0.4 is 26.2 Å². The SMILES string of the molecule is NC(=O)c1nnc(N2CCCC(N3CCN(C4CCC4)C3=O)C2)nc1Nc1ccc(C2CCN(CC3CCN(c4ccc5c(c4)C(=O)CC(C4CCC(=O)NC4=O)C5=O)CC3)CC2)cc1. The van der Waals surface area contributed by atoms with Crippen LogP contribution in [0, 0.1) is 17.8 Å². The van der Waals surface area contributed by atoms with Crippen molar-refractivity contribution in [1.82, 2.24) is 35.2 Å². The monoisotopic (exact) mass is 885 g/mol. The quantitative estimate of drug-likeness (QED) is 0.227. The number of piperidine rings is 4. The van der Waals surface area contributed by atoms with Gasteiger partial charge in [0.05, 0.1) is 6.04 Å². The van der Waals surface area contributed by atoms with Crippen LogP contribution >= 0.6 is 0 Å². The molecule has 2 aliphatic carbocycles. The second kappa shape index (κ2) is 18.1. The van der Waals surface area contributed by atoms with Gasteiger partial charge in [-0.1, -0.05) is 12.1 Å². The molecule has 65 heavy (non-hydrogen) atoms. The third-order valence-electron chi connectivity index (χ3n) is 15.4. The van der Waals surface area contributed by atoms with E-state index in [1.165, 1.54) is 12.0 Å². The lowest BCUT2D eigenvalue weighted by Crippen LogP contribution is -2.51. The number of nitrogens with zero attached hydrogens (tertiary/aromatic N) is 8. The third-order valence-corrected chi connectivity index (χ3v) is 15.4. The Bertz CT molecular complexity index is 2360. The first-order valence-electron chi connectivity index (χ1n) is 23.8. The number of rotatable bonds is 11. The zero-order valence-electron chi connectivity index (χ0n) is 37.0. The molecule has 4 N–H and O–H groups in total. The molecule has 1 aromatic heterocycles. The lowest BCUT2D eigenvalue weighted by molar-refractivity contribution is -0.137. The number of hydrogen-bond donors (Lipinski definition) is 3. The highest BCUT2D eigenvalue weighted by Crippen LogP contribution is 2.37. The van der Waals surface area contributed by atoms with E-state index < -0.39 is 23.7 Å². The van der Waals surface area contributed by atoms with E-state index in [2.05, 4.69) is 47.7 Å². The molecule has 342 valence electrons. The molecule has 6 heterocycles. The zero-order chi connectivity index (χ0) is 44.8. The molecule has 0 bridgehead atoms. The summed E-state index contributed by atoms with van der Waals surface area (Å²) in [6.45, 7) is 7.77. The van der Waals surface area contributed by atoms with Crippen molar-refractivity contribution in [3.63, 3.8) is 0 Å². The van der Waals surface area contributed by atoms with E-state index >= 15 is 0 Å². The highest BCUT2D eigenvalue weighted by Gasteiger charge is 2.43. The van der Waals surface area contributed by atoms with Gasteiger partial charge in [-0.3, -0.25) is 29.3 Å². The fraction of sp³-hybridized carbons (Fsp3) is 0.562. The van der Waals surface area contributed by atoms with E-state index in [4.69, 9.17) is 10.7 Å². The maximum Gasteiger partial charge on any atom is 0.320 e. The second-order valence-corrected chi connectivity index (χ2v) is 19.3. The number of nitrogens with two attached hydrogens (primary N) is 1. The number of fused-ring (bicyclic) bond motifs is 1. The van der Waals surface area contributed by atoms with Crippen LogP contribution in [0.5, 0.6) is 0 Å². The Hall–Kier alpha value is -5.97. The summed E-state index contributed by atoms with van der Waals surface area (Å²) in [5, 5.41) is 14.1. The minimum atomic E-state index is -0.724. The molecule has 7 aliphatic rings. The average molecular weight is 886 g/mol. The van der Waals surface area contributed by atoms with Crippen molar-refractivity contribution in [3.8, 4) is 0 Å². The normalized spacial score (nSPS) is 25.2. The first-order chi connectivity index (χ1) is 31.6. The maximum absolute atomic E-state index is 13.5. The summed E-state index contributed by atoms with van der Waals surface area (Å²) >= 11 is 0. The Kier molecular flexibility index (Phi) is 12.0. The van der Waals surface area contributed by atoms with Crippen LogP contribution in [0.1, 0.15) is 120 Å². The Morgan fingerprint density at radius 3 is 2.18 bits per heavy atom. The zero-order valence-corrected chi connectivity index (χ0v) is 37.0. The van der Waals surface area contributed by atoms with Crippen molar-refractivity contribution < 1.29 is 28.8 Å². The summed E-state index contributed by atoms with van der Waals surface area (Å²) in [4.78, 5) is 92.5. The van der Waals surface area contributed by atoms with Gasteiger partial charge in [0.15, 0.2) is 23.1 Å². The lowest BCUT2D eigenvalue weighted by atomic mass is 9.72. The molecular weight excluding hydrogens is 827 g/mol. The molecule has 17 heteroatoms. The Labute approximate surface area is 378 Å². The van der Waals surface area contributed by atoms with Gasteiger partial charge in [-0.15, -0.1) is 10.2 Å². The minimum Gasteiger partial charge on any atom is -0.371 e. The topological polar surface area (TPSA) is 207 Å². The summed E-state index contributed by atoms with van der Waals surface area (Å²) in [7, 11) is 0. The summed E-state index contributed by atoms with van der Waals surface area (Å²) in [6, 6.07) is 14.5. The van der Waals surface area contributed by atoms with Gasteiger partial charge in [-0.25, -0.2) is 4.79 Å². The molecule has 6 fully saturated rings. The molecule has 3 atom stereocenters. The summed E-state index contributed by atoms with van der Waals surface area (Å²) in [5.74, 6) is -1.47. The average Bonchev–Trinajstić information content (AvgIpc) is 3.67. The molecule has 0 radical (unpaired) electrons. The molecule has 1 saturated carbocycles. The number of likely N-dealkylation sites (tertiary alicyclic amines) is 1. The number of nitrogens with one attached hydrogen (secondary N) is 2. The predicted octanol–water partition coefficient (Wildman–Crippen LogP) is 4.51. The largest absolute Gasteiger partial charge is 0.371 e. The van der Waals surface area contributed by atoms with E-state index in [-0.39, 0.29) is 53.9 Å². The number of benzene rings is 2. The van der Waals surface area contributed by atoms with Crippen molar-refractivity contribution in [2.75, 3.05) is 74.0 Å². The van der Waals surface area contributed by atoms with Gasteiger partial charge < -0.3 is 35.6 Å². The van der Waals surface area contributed by atoms with Gasteiger partial charge in [0, 0.05) is 99.0 Å². The number of primary amides is 1. The van der Waals surface area contributed by atoms with Crippen LogP contribution in [-0.4, -0.2) is 136 Å². The van der Waals surface area contributed by atoms with Crippen molar-refractivity contribution in [3.05, 3.63) is 64.8 Å². The number of Topliss-reactive ketones (excluding diaryl/α,β-unsaturated/α-hetero) is 2. The summed E-state index contributed by atoms with van der Waals surface area (Å²) in [5.41, 5.74) is 9.53. The molecule has 5 aliphatic heterocycles. The van der Waals surface area contributed by atoms with E-state index in [1.54, 1.807) is 6.07 Å². The first-order valence-corrected chi connectivity index (χ1v) is 23.8. The number of ketones is 2. The molecule has 0 spiro atoms. The van der Waals surface area contributed by atoms with E-state index in [1.807, 2.05) is 34.1 Å². The molecule has 10 rings (SSSR count). The number of aromatic nitrogens is 3. The van der Waals surface area contributed by atoms with Crippen LogP contribution in [0.25, 0.3) is 0 Å². The lowest BCUT2D eigenvalue weighted by Gasteiger charge is -2.39.